The summed E-state index contributed by atoms with van der Waals surface area (Å²) in [6, 6.07) is 0. The molecule has 0 saturated carbocycles. The molecule has 2 unspecified atom stereocenters. The maximum absolute atomic E-state index is 12.5. The van der Waals surface area contributed by atoms with Crippen LogP contribution in [0.4, 0.5) is 0 Å². The normalized spacial score (nSPS) is 18.3. The van der Waals surface area contributed by atoms with E-state index < -0.39 is 20.1 Å². The molecule has 0 spiro atoms. The number of nitrogens with two attached hydrogens (primary N) is 4. The Hall–Kier alpha value is -0.0100. The van der Waals surface area contributed by atoms with Gasteiger partial charge in [0.15, 0.2) is 0 Å². The van der Waals surface area contributed by atoms with Gasteiger partial charge in [-0.05, 0) is 32.4 Å². The summed E-state index contributed by atoms with van der Waals surface area (Å²) >= 11 is 0. The third-order valence-corrected chi connectivity index (χ3v) is 4.33. The molecule has 7 nitrogen and oxygen atoms in total. The third kappa shape index (κ3) is 8.16. The van der Waals surface area contributed by atoms with Crippen LogP contribution in [0.25, 0.3) is 0 Å². The Morgan fingerprint density at radius 3 is 1.83 bits per heavy atom. The van der Waals surface area contributed by atoms with Crippen LogP contribution in [-0.2, 0) is 13.6 Å². The second-order valence-electron chi connectivity index (χ2n) is 4.13. The summed E-state index contributed by atoms with van der Waals surface area (Å²) in [6.45, 7) is 2.72. The zero-order valence-electron chi connectivity index (χ0n) is 11.1. The molecule has 110 valence electrons. The second kappa shape index (κ2) is 9.86. The molecule has 0 aliphatic heterocycles. The van der Waals surface area contributed by atoms with E-state index >= 15 is 0 Å². The molecule has 0 heterocycles. The van der Waals surface area contributed by atoms with Crippen LogP contribution in [0.3, 0.4) is 0 Å². The number of hydrogen-bond acceptors (Lipinski definition) is 7. The fourth-order valence-corrected chi connectivity index (χ4v) is 3.33. The molecule has 0 fully saturated rings. The van der Waals surface area contributed by atoms with Gasteiger partial charge in [-0.25, -0.2) is 0 Å². The van der Waals surface area contributed by atoms with Gasteiger partial charge >= 0.3 is 7.60 Å². The van der Waals surface area contributed by atoms with E-state index in [-0.39, 0.29) is 0 Å². The van der Waals surface area contributed by atoms with Crippen LogP contribution in [0.5, 0.6) is 0 Å². The van der Waals surface area contributed by atoms with Crippen molar-refractivity contribution in [3.8, 4) is 0 Å². The Morgan fingerprint density at radius 1 is 1.06 bits per heavy atom. The minimum Gasteiger partial charge on any atom is -0.330 e. The summed E-state index contributed by atoms with van der Waals surface area (Å²) < 4.78 is 23.1. The molecule has 0 saturated heterocycles. The van der Waals surface area contributed by atoms with E-state index in [0.717, 1.165) is 12.8 Å². The van der Waals surface area contributed by atoms with Gasteiger partial charge in [-0.1, -0.05) is 13.3 Å². The first-order chi connectivity index (χ1) is 8.47. The summed E-state index contributed by atoms with van der Waals surface area (Å²) in [5, 5.41) is 0. The maximum Gasteiger partial charge on any atom is 0.333 e. The van der Waals surface area contributed by atoms with Crippen LogP contribution in [0.1, 0.15) is 32.6 Å². The van der Waals surface area contributed by atoms with Gasteiger partial charge in [-0.15, -0.1) is 0 Å². The van der Waals surface area contributed by atoms with Gasteiger partial charge in [0.05, 0.1) is 6.16 Å². The van der Waals surface area contributed by atoms with E-state index in [2.05, 4.69) is 0 Å². The van der Waals surface area contributed by atoms with E-state index in [1.54, 1.807) is 0 Å². The Bertz CT molecular complexity index is 237. The standard InChI is InChI=1S/C10H27N4O3P/c1-2-3-8-18(15,16-9(13)4-6-11)17-10(14)5-7-12/h9-10H,2-8,11-14H2,1H3. The molecule has 2 atom stereocenters. The van der Waals surface area contributed by atoms with Crippen molar-refractivity contribution in [2.75, 3.05) is 19.3 Å². The van der Waals surface area contributed by atoms with E-state index in [1.807, 2.05) is 6.92 Å². The molecular weight excluding hydrogens is 255 g/mol. The van der Waals surface area contributed by atoms with E-state index in [1.165, 1.54) is 0 Å². The van der Waals surface area contributed by atoms with Gasteiger partial charge in [0.2, 0.25) is 0 Å². The molecule has 0 radical (unpaired) electrons. The van der Waals surface area contributed by atoms with Crippen molar-refractivity contribution in [3.05, 3.63) is 0 Å². The summed E-state index contributed by atoms with van der Waals surface area (Å²) in [7, 11) is -3.27. The molecule has 0 aromatic heterocycles. The van der Waals surface area contributed by atoms with E-state index in [0.29, 0.717) is 32.1 Å². The van der Waals surface area contributed by atoms with Crippen LogP contribution in [0.2, 0.25) is 0 Å². The molecule has 0 aromatic carbocycles. The van der Waals surface area contributed by atoms with Gasteiger partial charge in [0.25, 0.3) is 0 Å². The van der Waals surface area contributed by atoms with Crippen molar-refractivity contribution < 1.29 is 13.6 Å². The first-order valence-corrected chi connectivity index (χ1v) is 8.07. The molecule has 0 amide bonds. The number of rotatable bonds is 11. The Morgan fingerprint density at radius 2 is 1.50 bits per heavy atom. The summed E-state index contributed by atoms with van der Waals surface area (Å²) in [5.74, 6) is 0. The van der Waals surface area contributed by atoms with Crippen molar-refractivity contribution >= 4 is 7.60 Å². The van der Waals surface area contributed by atoms with Crippen molar-refractivity contribution in [3.63, 3.8) is 0 Å². The zero-order chi connectivity index (χ0) is 14.0. The molecule has 8 heteroatoms. The highest BCUT2D eigenvalue weighted by atomic mass is 31.2. The predicted molar refractivity (Wildman–Crippen MR) is 72.8 cm³/mol. The molecule has 0 rings (SSSR count). The monoisotopic (exact) mass is 282 g/mol. The van der Waals surface area contributed by atoms with E-state index in [4.69, 9.17) is 32.0 Å². The fourth-order valence-electron chi connectivity index (χ4n) is 1.33. The van der Waals surface area contributed by atoms with Crippen LogP contribution in [0.15, 0.2) is 0 Å². The summed E-state index contributed by atoms with van der Waals surface area (Å²) in [6.07, 6.45) is 1.37. The van der Waals surface area contributed by atoms with Gasteiger partial charge in [-0.2, -0.15) is 0 Å². The third-order valence-electron chi connectivity index (χ3n) is 2.28. The highest BCUT2D eigenvalue weighted by Gasteiger charge is 2.29. The number of unbranched alkanes of at least 4 members (excludes halogenated alkanes) is 1. The molecule has 0 bridgehead atoms. The lowest BCUT2D eigenvalue weighted by Gasteiger charge is -2.24. The Balaban J connectivity index is 4.45. The topological polar surface area (TPSA) is 140 Å². The summed E-state index contributed by atoms with van der Waals surface area (Å²) in [4.78, 5) is 0. The van der Waals surface area contributed by atoms with Gasteiger partial charge in [-0.3, -0.25) is 13.6 Å². The quantitative estimate of drug-likeness (QED) is 0.315. The second-order valence-corrected chi connectivity index (χ2v) is 6.22. The minimum absolute atomic E-state index is 0.306. The van der Waals surface area contributed by atoms with Crippen molar-refractivity contribution in [2.24, 2.45) is 22.9 Å². The first kappa shape index (κ1) is 18.0. The highest BCUT2D eigenvalue weighted by molar-refractivity contribution is 7.53. The maximum atomic E-state index is 12.5. The van der Waals surface area contributed by atoms with E-state index in [9.17, 15) is 4.57 Å². The molecular formula is C10H27N4O3P. The highest BCUT2D eigenvalue weighted by Crippen LogP contribution is 2.50. The van der Waals surface area contributed by atoms with Crippen LogP contribution in [-0.4, -0.2) is 31.7 Å². The molecule has 0 aliphatic carbocycles. The average molecular weight is 282 g/mol. The lowest BCUT2D eigenvalue weighted by molar-refractivity contribution is 0.111. The van der Waals surface area contributed by atoms with Crippen molar-refractivity contribution in [2.45, 2.75) is 45.1 Å². The predicted octanol–water partition coefficient (Wildman–Crippen LogP) is 0.280. The lowest BCUT2D eigenvalue weighted by atomic mass is 10.4. The number of hydrogen-bond donors (Lipinski definition) is 4. The smallest absolute Gasteiger partial charge is 0.330 e. The molecule has 18 heavy (non-hydrogen) atoms. The fraction of sp³-hybridized carbons (Fsp3) is 1.00. The largest absolute Gasteiger partial charge is 0.333 e. The SMILES string of the molecule is CCCCP(=O)(OC(N)CCN)OC(N)CCN. The minimum atomic E-state index is -3.27. The summed E-state index contributed by atoms with van der Waals surface area (Å²) in [5.41, 5.74) is 22.1. The zero-order valence-corrected chi connectivity index (χ0v) is 12.0. The average Bonchev–Trinajstić information content (AvgIpc) is 2.26. The van der Waals surface area contributed by atoms with Gasteiger partial charge in [0.1, 0.15) is 12.5 Å². The molecule has 0 aliphatic rings. The molecule has 0 aromatic rings. The first-order valence-electron chi connectivity index (χ1n) is 6.34. The Labute approximate surface area is 109 Å². The molecule has 8 N–H and O–H groups in total. The van der Waals surface area contributed by atoms with Crippen LogP contribution >= 0.6 is 7.60 Å². The van der Waals surface area contributed by atoms with Crippen molar-refractivity contribution in [1.29, 1.82) is 0 Å². The Kier molecular flexibility index (Phi) is 9.85. The van der Waals surface area contributed by atoms with Crippen LogP contribution < -0.4 is 22.9 Å². The van der Waals surface area contributed by atoms with Crippen molar-refractivity contribution in [1.82, 2.24) is 0 Å². The lowest BCUT2D eigenvalue weighted by Crippen LogP contribution is -2.30. The van der Waals surface area contributed by atoms with Crippen LogP contribution in [0, 0.1) is 0 Å². The van der Waals surface area contributed by atoms with Gasteiger partial charge < -0.3 is 22.9 Å². The van der Waals surface area contributed by atoms with Gasteiger partial charge in [0, 0.05) is 0 Å².